The Kier molecular flexibility index (Phi) is 4.11. The Morgan fingerprint density at radius 2 is 1.90 bits per heavy atom. The number of anilines is 1. The second-order valence-corrected chi connectivity index (χ2v) is 5.53. The topological polar surface area (TPSA) is 66.9 Å². The number of halogens is 2. The van der Waals surface area contributed by atoms with Crippen LogP contribution in [-0.2, 0) is 16.6 Å². The molecule has 102 valence electrons. The standard InChI is InChI=1S/C14H10F2N2OS/c15-12-3-1-9(5-10(12)7-17)8-20(19)14-4-2-11(18)6-13(14)16/h1-6H,8,18H2. The van der Waals surface area contributed by atoms with E-state index in [0.29, 0.717) is 5.56 Å². The summed E-state index contributed by atoms with van der Waals surface area (Å²) in [7, 11) is -1.63. The minimum atomic E-state index is -1.63. The van der Waals surface area contributed by atoms with Gasteiger partial charge in [0.1, 0.15) is 17.7 Å². The molecule has 0 spiro atoms. The molecule has 0 heterocycles. The molecule has 0 saturated heterocycles. The predicted octanol–water partition coefficient (Wildman–Crippen LogP) is 2.73. The molecule has 2 aromatic carbocycles. The Morgan fingerprint density at radius 1 is 1.15 bits per heavy atom. The van der Waals surface area contributed by atoms with Gasteiger partial charge in [0, 0.05) is 5.69 Å². The van der Waals surface area contributed by atoms with E-state index in [-0.39, 0.29) is 21.9 Å². The molecule has 3 nitrogen and oxygen atoms in total. The lowest BCUT2D eigenvalue weighted by molar-refractivity contribution is 0.596. The average Bonchev–Trinajstić information content (AvgIpc) is 2.40. The van der Waals surface area contributed by atoms with Gasteiger partial charge in [-0.25, -0.2) is 8.78 Å². The fourth-order valence-corrected chi connectivity index (χ4v) is 2.81. The first kappa shape index (κ1) is 14.2. The zero-order valence-corrected chi connectivity index (χ0v) is 11.1. The number of nitriles is 1. The second kappa shape index (κ2) is 5.80. The number of hydrogen-bond donors (Lipinski definition) is 1. The van der Waals surface area contributed by atoms with Crippen LogP contribution in [0.1, 0.15) is 11.1 Å². The summed E-state index contributed by atoms with van der Waals surface area (Å²) in [4.78, 5) is 0.0297. The van der Waals surface area contributed by atoms with Gasteiger partial charge >= 0.3 is 0 Å². The minimum absolute atomic E-state index is 0.00417. The van der Waals surface area contributed by atoms with E-state index in [4.69, 9.17) is 11.0 Å². The SMILES string of the molecule is N#Cc1cc(CS(=O)c2ccc(N)cc2F)ccc1F. The highest BCUT2D eigenvalue weighted by molar-refractivity contribution is 7.84. The Balaban J connectivity index is 2.26. The van der Waals surface area contributed by atoms with Crippen molar-refractivity contribution in [3.63, 3.8) is 0 Å². The van der Waals surface area contributed by atoms with Gasteiger partial charge in [-0.3, -0.25) is 4.21 Å². The fourth-order valence-electron chi connectivity index (χ4n) is 1.68. The lowest BCUT2D eigenvalue weighted by Gasteiger charge is -2.05. The quantitative estimate of drug-likeness (QED) is 0.884. The summed E-state index contributed by atoms with van der Waals surface area (Å²) in [5.41, 5.74) is 6.04. The lowest BCUT2D eigenvalue weighted by atomic mass is 10.1. The van der Waals surface area contributed by atoms with Crippen molar-refractivity contribution in [2.24, 2.45) is 0 Å². The lowest BCUT2D eigenvalue weighted by Crippen LogP contribution is -2.01. The molecule has 0 aliphatic heterocycles. The molecule has 2 rings (SSSR count). The van der Waals surface area contributed by atoms with E-state index in [1.54, 1.807) is 6.07 Å². The second-order valence-electron chi connectivity index (χ2n) is 4.11. The molecule has 1 unspecified atom stereocenters. The molecule has 0 amide bonds. The van der Waals surface area contributed by atoms with E-state index in [9.17, 15) is 13.0 Å². The van der Waals surface area contributed by atoms with Crippen molar-refractivity contribution in [3.8, 4) is 6.07 Å². The zero-order chi connectivity index (χ0) is 14.7. The number of hydrogen-bond acceptors (Lipinski definition) is 3. The maximum absolute atomic E-state index is 13.6. The highest BCUT2D eigenvalue weighted by Crippen LogP contribution is 2.19. The molecule has 0 aromatic heterocycles. The van der Waals surface area contributed by atoms with E-state index >= 15 is 0 Å². The molecule has 0 aliphatic rings. The normalized spacial score (nSPS) is 11.8. The molecule has 0 aliphatic carbocycles. The first-order valence-electron chi connectivity index (χ1n) is 5.63. The Labute approximate surface area is 117 Å². The zero-order valence-electron chi connectivity index (χ0n) is 10.3. The van der Waals surface area contributed by atoms with Crippen molar-refractivity contribution < 1.29 is 13.0 Å². The first-order chi connectivity index (χ1) is 9.51. The number of nitrogens with two attached hydrogens (primary N) is 1. The Hall–Kier alpha value is -2.26. The van der Waals surface area contributed by atoms with Crippen LogP contribution in [0, 0.1) is 23.0 Å². The number of nitrogen functional groups attached to an aromatic ring is 1. The van der Waals surface area contributed by atoms with Gasteiger partial charge in [-0.2, -0.15) is 5.26 Å². The molecule has 1 atom stereocenters. The van der Waals surface area contributed by atoms with Gasteiger partial charge in [-0.15, -0.1) is 0 Å². The van der Waals surface area contributed by atoms with E-state index in [2.05, 4.69) is 0 Å². The molecule has 20 heavy (non-hydrogen) atoms. The molecule has 2 aromatic rings. The van der Waals surface area contributed by atoms with Gasteiger partial charge in [-0.1, -0.05) is 6.07 Å². The third-order valence-corrected chi connectivity index (χ3v) is 4.07. The summed E-state index contributed by atoms with van der Waals surface area (Å²) >= 11 is 0. The molecule has 0 radical (unpaired) electrons. The third-order valence-electron chi connectivity index (χ3n) is 2.65. The third kappa shape index (κ3) is 3.00. The number of nitrogens with zero attached hydrogens (tertiary/aromatic N) is 1. The van der Waals surface area contributed by atoms with Crippen LogP contribution in [0.5, 0.6) is 0 Å². The highest BCUT2D eigenvalue weighted by Gasteiger charge is 2.12. The van der Waals surface area contributed by atoms with Gasteiger partial charge in [0.15, 0.2) is 0 Å². The van der Waals surface area contributed by atoms with Crippen molar-refractivity contribution in [1.82, 2.24) is 0 Å². The molecular formula is C14H10F2N2OS. The van der Waals surface area contributed by atoms with Crippen LogP contribution in [0.25, 0.3) is 0 Å². The summed E-state index contributed by atoms with van der Waals surface area (Å²) in [6.07, 6.45) is 0. The number of benzene rings is 2. The summed E-state index contributed by atoms with van der Waals surface area (Å²) in [6.45, 7) is 0. The fraction of sp³-hybridized carbons (Fsp3) is 0.0714. The summed E-state index contributed by atoms with van der Waals surface area (Å²) in [5.74, 6) is -1.29. The van der Waals surface area contributed by atoms with Gasteiger partial charge in [0.2, 0.25) is 0 Å². The van der Waals surface area contributed by atoms with Gasteiger partial charge in [0.25, 0.3) is 0 Å². The monoisotopic (exact) mass is 292 g/mol. The van der Waals surface area contributed by atoms with Crippen LogP contribution in [0.3, 0.4) is 0 Å². The number of rotatable bonds is 3. The van der Waals surface area contributed by atoms with Crippen LogP contribution < -0.4 is 5.73 Å². The van der Waals surface area contributed by atoms with E-state index in [1.165, 1.54) is 24.3 Å². The smallest absolute Gasteiger partial charge is 0.141 e. The first-order valence-corrected chi connectivity index (χ1v) is 6.95. The van der Waals surface area contributed by atoms with Crippen LogP contribution in [0.15, 0.2) is 41.3 Å². The van der Waals surface area contributed by atoms with Gasteiger partial charge in [-0.05, 0) is 35.9 Å². The largest absolute Gasteiger partial charge is 0.399 e. The Morgan fingerprint density at radius 3 is 2.55 bits per heavy atom. The van der Waals surface area contributed by atoms with Crippen molar-refractivity contribution >= 4 is 16.5 Å². The summed E-state index contributed by atoms with van der Waals surface area (Å²) < 4.78 is 38.9. The summed E-state index contributed by atoms with van der Waals surface area (Å²) in [6, 6.07) is 9.47. The predicted molar refractivity (Wildman–Crippen MR) is 72.0 cm³/mol. The van der Waals surface area contributed by atoms with Gasteiger partial charge in [0.05, 0.1) is 27.0 Å². The van der Waals surface area contributed by atoms with Crippen LogP contribution >= 0.6 is 0 Å². The van der Waals surface area contributed by atoms with Crippen molar-refractivity contribution in [2.45, 2.75) is 10.6 Å². The molecule has 0 bridgehead atoms. The molecular weight excluding hydrogens is 282 g/mol. The van der Waals surface area contributed by atoms with E-state index in [1.807, 2.05) is 0 Å². The van der Waals surface area contributed by atoms with Crippen molar-refractivity contribution in [2.75, 3.05) is 5.73 Å². The van der Waals surface area contributed by atoms with Crippen molar-refractivity contribution in [3.05, 3.63) is 59.2 Å². The molecule has 2 N–H and O–H groups in total. The van der Waals surface area contributed by atoms with Gasteiger partial charge < -0.3 is 5.73 Å². The Bertz CT molecular complexity index is 726. The van der Waals surface area contributed by atoms with E-state index < -0.39 is 22.4 Å². The highest BCUT2D eigenvalue weighted by atomic mass is 32.2. The maximum atomic E-state index is 13.6. The van der Waals surface area contributed by atoms with Crippen LogP contribution in [0.2, 0.25) is 0 Å². The average molecular weight is 292 g/mol. The van der Waals surface area contributed by atoms with E-state index in [0.717, 1.165) is 12.1 Å². The summed E-state index contributed by atoms with van der Waals surface area (Å²) in [5, 5.41) is 8.73. The van der Waals surface area contributed by atoms with Crippen molar-refractivity contribution in [1.29, 1.82) is 5.26 Å². The maximum Gasteiger partial charge on any atom is 0.141 e. The van der Waals surface area contributed by atoms with Crippen LogP contribution in [0.4, 0.5) is 14.5 Å². The van der Waals surface area contributed by atoms with Crippen LogP contribution in [-0.4, -0.2) is 4.21 Å². The molecule has 0 fully saturated rings. The minimum Gasteiger partial charge on any atom is -0.399 e. The molecule has 6 heteroatoms. The molecule has 0 saturated carbocycles.